The second-order valence-electron chi connectivity index (χ2n) is 4.66. The molecular formula is C15H17NO. The van der Waals surface area contributed by atoms with Crippen LogP contribution in [0.3, 0.4) is 0 Å². The van der Waals surface area contributed by atoms with Crippen molar-refractivity contribution in [2.24, 2.45) is 0 Å². The van der Waals surface area contributed by atoms with E-state index in [-0.39, 0.29) is 0 Å². The lowest BCUT2D eigenvalue weighted by atomic mass is 10.0. The van der Waals surface area contributed by atoms with Crippen LogP contribution in [-0.2, 0) is 0 Å². The van der Waals surface area contributed by atoms with Crippen LogP contribution in [0.1, 0.15) is 12.0 Å². The molecule has 0 aromatic heterocycles. The van der Waals surface area contributed by atoms with Gasteiger partial charge in [-0.15, -0.1) is 0 Å². The lowest BCUT2D eigenvalue weighted by Gasteiger charge is -2.15. The summed E-state index contributed by atoms with van der Waals surface area (Å²) in [5, 5.41) is 5.84. The minimum atomic E-state index is 0.320. The number of nitrogens with one attached hydrogen (secondary N) is 1. The van der Waals surface area contributed by atoms with E-state index in [4.69, 9.17) is 4.74 Å². The van der Waals surface area contributed by atoms with Crippen molar-refractivity contribution in [2.75, 3.05) is 13.1 Å². The third-order valence-corrected chi connectivity index (χ3v) is 3.41. The average molecular weight is 227 g/mol. The first-order valence-corrected chi connectivity index (χ1v) is 6.20. The lowest BCUT2D eigenvalue weighted by Crippen LogP contribution is -2.19. The molecule has 0 aliphatic carbocycles. The van der Waals surface area contributed by atoms with Crippen LogP contribution in [0.5, 0.6) is 5.75 Å². The fraction of sp³-hybridized carbons (Fsp3) is 0.333. The molecule has 0 bridgehead atoms. The molecule has 0 amide bonds. The first kappa shape index (κ1) is 10.6. The lowest BCUT2D eigenvalue weighted by molar-refractivity contribution is 0.226. The van der Waals surface area contributed by atoms with Crippen molar-refractivity contribution in [2.45, 2.75) is 19.4 Å². The fourth-order valence-electron chi connectivity index (χ4n) is 2.43. The van der Waals surface area contributed by atoms with Gasteiger partial charge in [0.05, 0.1) is 0 Å². The third kappa shape index (κ3) is 2.01. The van der Waals surface area contributed by atoms with Gasteiger partial charge in [0, 0.05) is 11.9 Å². The minimum absolute atomic E-state index is 0.320. The zero-order valence-electron chi connectivity index (χ0n) is 10.1. The van der Waals surface area contributed by atoms with Gasteiger partial charge < -0.3 is 10.1 Å². The van der Waals surface area contributed by atoms with E-state index < -0.39 is 0 Å². The highest BCUT2D eigenvalue weighted by atomic mass is 16.5. The summed E-state index contributed by atoms with van der Waals surface area (Å²) >= 11 is 0. The second-order valence-corrected chi connectivity index (χ2v) is 4.66. The quantitative estimate of drug-likeness (QED) is 0.851. The SMILES string of the molecule is Cc1ccc(OC2CCNC2)c2ccccc12. The Kier molecular flexibility index (Phi) is 2.73. The average Bonchev–Trinajstić information content (AvgIpc) is 2.86. The molecule has 1 atom stereocenters. The summed E-state index contributed by atoms with van der Waals surface area (Å²) in [5.41, 5.74) is 1.30. The minimum Gasteiger partial charge on any atom is -0.488 e. The highest BCUT2D eigenvalue weighted by molar-refractivity contribution is 5.90. The fourth-order valence-corrected chi connectivity index (χ4v) is 2.43. The van der Waals surface area contributed by atoms with E-state index in [0.29, 0.717) is 6.10 Å². The molecule has 1 aliphatic rings. The Morgan fingerprint density at radius 2 is 1.94 bits per heavy atom. The van der Waals surface area contributed by atoms with Crippen LogP contribution in [0, 0.1) is 6.92 Å². The van der Waals surface area contributed by atoms with Gasteiger partial charge in [0.15, 0.2) is 0 Å². The monoisotopic (exact) mass is 227 g/mol. The molecule has 1 heterocycles. The predicted octanol–water partition coefficient (Wildman–Crippen LogP) is 2.89. The molecule has 0 spiro atoms. The molecule has 1 aliphatic heterocycles. The Hall–Kier alpha value is -1.54. The Morgan fingerprint density at radius 3 is 2.71 bits per heavy atom. The van der Waals surface area contributed by atoms with Gasteiger partial charge >= 0.3 is 0 Å². The van der Waals surface area contributed by atoms with Gasteiger partial charge in [-0.3, -0.25) is 0 Å². The van der Waals surface area contributed by atoms with Gasteiger partial charge in [0.1, 0.15) is 11.9 Å². The Labute approximate surface area is 102 Å². The Morgan fingerprint density at radius 1 is 1.12 bits per heavy atom. The van der Waals surface area contributed by atoms with E-state index in [1.54, 1.807) is 0 Å². The number of rotatable bonds is 2. The van der Waals surface area contributed by atoms with Crippen molar-refractivity contribution in [1.29, 1.82) is 0 Å². The van der Waals surface area contributed by atoms with E-state index in [1.165, 1.54) is 16.3 Å². The Balaban J connectivity index is 2.01. The van der Waals surface area contributed by atoms with Crippen molar-refractivity contribution >= 4 is 10.8 Å². The highest BCUT2D eigenvalue weighted by Gasteiger charge is 2.16. The van der Waals surface area contributed by atoms with Gasteiger partial charge in [0.25, 0.3) is 0 Å². The topological polar surface area (TPSA) is 21.3 Å². The second kappa shape index (κ2) is 4.38. The standard InChI is InChI=1S/C15H17NO/c1-11-6-7-15(17-12-8-9-16-10-12)14-5-3-2-4-13(11)14/h2-7,12,16H,8-10H2,1H3. The summed E-state index contributed by atoms with van der Waals surface area (Å²) < 4.78 is 6.08. The number of benzene rings is 2. The number of fused-ring (bicyclic) bond motifs is 1. The molecule has 1 fully saturated rings. The van der Waals surface area contributed by atoms with Crippen molar-refractivity contribution in [3.8, 4) is 5.75 Å². The van der Waals surface area contributed by atoms with E-state index in [2.05, 4.69) is 48.6 Å². The van der Waals surface area contributed by atoms with Crippen LogP contribution >= 0.6 is 0 Å². The summed E-state index contributed by atoms with van der Waals surface area (Å²) in [6, 6.07) is 12.7. The van der Waals surface area contributed by atoms with Gasteiger partial charge in [-0.25, -0.2) is 0 Å². The maximum Gasteiger partial charge on any atom is 0.127 e. The van der Waals surface area contributed by atoms with E-state index in [9.17, 15) is 0 Å². The molecule has 2 aromatic rings. The zero-order chi connectivity index (χ0) is 11.7. The van der Waals surface area contributed by atoms with Crippen molar-refractivity contribution in [1.82, 2.24) is 5.32 Å². The number of ether oxygens (including phenoxy) is 1. The zero-order valence-corrected chi connectivity index (χ0v) is 10.1. The van der Waals surface area contributed by atoms with Gasteiger partial charge in [-0.2, -0.15) is 0 Å². The van der Waals surface area contributed by atoms with Crippen LogP contribution < -0.4 is 10.1 Å². The number of hydrogen-bond donors (Lipinski definition) is 1. The maximum absolute atomic E-state index is 6.08. The Bertz CT molecular complexity index is 529. The first-order valence-electron chi connectivity index (χ1n) is 6.20. The molecule has 2 aromatic carbocycles. The number of aryl methyl sites for hydroxylation is 1. The van der Waals surface area contributed by atoms with Gasteiger partial charge in [-0.05, 0) is 36.9 Å². The highest BCUT2D eigenvalue weighted by Crippen LogP contribution is 2.29. The molecule has 1 N–H and O–H groups in total. The largest absolute Gasteiger partial charge is 0.488 e. The van der Waals surface area contributed by atoms with Crippen LogP contribution in [0.15, 0.2) is 36.4 Å². The summed E-state index contributed by atoms with van der Waals surface area (Å²) in [4.78, 5) is 0. The summed E-state index contributed by atoms with van der Waals surface area (Å²) in [7, 11) is 0. The summed E-state index contributed by atoms with van der Waals surface area (Å²) in [6.45, 7) is 4.17. The molecule has 0 saturated carbocycles. The molecule has 2 nitrogen and oxygen atoms in total. The molecule has 1 unspecified atom stereocenters. The molecule has 1 saturated heterocycles. The van der Waals surface area contributed by atoms with Crippen LogP contribution in [0.25, 0.3) is 10.8 Å². The third-order valence-electron chi connectivity index (χ3n) is 3.41. The molecule has 0 radical (unpaired) electrons. The smallest absolute Gasteiger partial charge is 0.127 e. The maximum atomic E-state index is 6.08. The van der Waals surface area contributed by atoms with Crippen molar-refractivity contribution < 1.29 is 4.74 Å². The van der Waals surface area contributed by atoms with E-state index in [1.807, 2.05) is 0 Å². The van der Waals surface area contributed by atoms with Crippen LogP contribution in [0.2, 0.25) is 0 Å². The van der Waals surface area contributed by atoms with Crippen molar-refractivity contribution in [3.63, 3.8) is 0 Å². The van der Waals surface area contributed by atoms with Gasteiger partial charge in [0.2, 0.25) is 0 Å². The normalized spacial score (nSPS) is 19.7. The number of hydrogen-bond acceptors (Lipinski definition) is 2. The van der Waals surface area contributed by atoms with E-state index in [0.717, 1.165) is 25.3 Å². The first-order chi connectivity index (χ1) is 8.34. The molecule has 17 heavy (non-hydrogen) atoms. The van der Waals surface area contributed by atoms with Crippen LogP contribution in [0.4, 0.5) is 0 Å². The summed E-state index contributed by atoms with van der Waals surface area (Å²) in [5.74, 6) is 1.01. The molecule has 3 rings (SSSR count). The van der Waals surface area contributed by atoms with Crippen molar-refractivity contribution in [3.05, 3.63) is 42.0 Å². The van der Waals surface area contributed by atoms with E-state index >= 15 is 0 Å². The summed E-state index contributed by atoms with van der Waals surface area (Å²) in [6.07, 6.45) is 1.42. The predicted molar refractivity (Wildman–Crippen MR) is 70.6 cm³/mol. The molecule has 88 valence electrons. The van der Waals surface area contributed by atoms with Crippen LogP contribution in [-0.4, -0.2) is 19.2 Å². The van der Waals surface area contributed by atoms with Gasteiger partial charge in [-0.1, -0.05) is 30.3 Å². The molecular weight excluding hydrogens is 210 g/mol. The molecule has 2 heteroatoms.